The lowest BCUT2D eigenvalue weighted by molar-refractivity contribution is -0.673. The fraction of sp³-hybridized carbons (Fsp3) is 0.259. The molecule has 0 unspecified atom stereocenters. The molecule has 1 heterocycles. The normalized spacial score (nSPS) is 11.5. The van der Waals surface area contributed by atoms with Gasteiger partial charge in [-0.2, -0.15) is 4.57 Å². The number of hydrogen-bond acceptors (Lipinski definition) is 1. The molecule has 0 atom stereocenters. The second-order valence-electron chi connectivity index (χ2n) is 7.45. The molecule has 0 saturated heterocycles. The average Bonchev–Trinajstić information content (AvgIpc) is 2.77. The minimum absolute atomic E-state index is 0.0115. The summed E-state index contributed by atoms with van der Waals surface area (Å²) in [5.74, 6) is -0.0115. The zero-order valence-corrected chi connectivity index (χ0v) is 18.0. The summed E-state index contributed by atoms with van der Waals surface area (Å²) in [5.41, 5.74) is 3.30. The lowest BCUT2D eigenvalue weighted by Crippen LogP contribution is -2.38. The van der Waals surface area contributed by atoms with Crippen molar-refractivity contribution in [2.24, 2.45) is 0 Å². The van der Waals surface area contributed by atoms with Gasteiger partial charge < -0.3 is 0 Å². The zero-order valence-electron chi connectivity index (χ0n) is 18.0. The Morgan fingerprint density at radius 1 is 0.900 bits per heavy atom. The SMILES string of the molecule is CCCCCC[n+]1c(C=CC=CN(C(C)=O)c2ccccc2)ccc2ccccc21. The van der Waals surface area contributed by atoms with Crippen LogP contribution in [0.3, 0.4) is 0 Å². The first-order valence-electron chi connectivity index (χ1n) is 10.8. The van der Waals surface area contributed by atoms with Crippen molar-refractivity contribution in [3.8, 4) is 0 Å². The summed E-state index contributed by atoms with van der Waals surface area (Å²) in [4.78, 5) is 13.7. The van der Waals surface area contributed by atoms with Crippen molar-refractivity contribution >= 4 is 28.6 Å². The van der Waals surface area contributed by atoms with Crippen molar-refractivity contribution < 1.29 is 9.36 Å². The first kappa shape index (κ1) is 21.5. The summed E-state index contributed by atoms with van der Waals surface area (Å²) in [6.07, 6.45) is 12.8. The van der Waals surface area contributed by atoms with Gasteiger partial charge in [0.25, 0.3) is 0 Å². The van der Waals surface area contributed by atoms with Crippen LogP contribution in [0.15, 0.2) is 85.1 Å². The molecule has 0 radical (unpaired) electrons. The smallest absolute Gasteiger partial charge is 0.227 e. The molecule has 30 heavy (non-hydrogen) atoms. The number of carbonyl (C=O) groups excluding carboxylic acids is 1. The van der Waals surface area contributed by atoms with Gasteiger partial charge in [-0.25, -0.2) is 0 Å². The number of rotatable bonds is 9. The number of nitrogens with zero attached hydrogens (tertiary/aromatic N) is 2. The molecular weight excluding hydrogens is 368 g/mol. The van der Waals surface area contributed by atoms with E-state index in [4.69, 9.17) is 0 Å². The number of anilines is 1. The summed E-state index contributed by atoms with van der Waals surface area (Å²) in [7, 11) is 0. The Balaban J connectivity index is 1.82. The summed E-state index contributed by atoms with van der Waals surface area (Å²) in [6.45, 7) is 4.83. The number of aromatic nitrogens is 1. The predicted octanol–water partition coefficient (Wildman–Crippen LogP) is 6.29. The van der Waals surface area contributed by atoms with E-state index in [2.05, 4.69) is 54.0 Å². The van der Waals surface area contributed by atoms with Gasteiger partial charge >= 0.3 is 0 Å². The molecule has 1 aromatic heterocycles. The van der Waals surface area contributed by atoms with Crippen LogP contribution in [0.5, 0.6) is 0 Å². The van der Waals surface area contributed by atoms with Crippen molar-refractivity contribution in [1.82, 2.24) is 0 Å². The molecule has 0 spiro atoms. The monoisotopic (exact) mass is 399 g/mol. The highest BCUT2D eigenvalue weighted by Crippen LogP contribution is 2.15. The van der Waals surface area contributed by atoms with Crippen LogP contribution in [-0.4, -0.2) is 5.91 Å². The van der Waals surface area contributed by atoms with Gasteiger partial charge in [0.2, 0.25) is 17.1 Å². The molecule has 2 aromatic carbocycles. The first-order chi connectivity index (χ1) is 14.7. The number of hydrogen-bond donors (Lipinski definition) is 0. The van der Waals surface area contributed by atoms with E-state index in [0.717, 1.165) is 12.2 Å². The molecule has 3 rings (SSSR count). The Bertz CT molecular complexity index is 1020. The van der Waals surface area contributed by atoms with Crippen molar-refractivity contribution in [1.29, 1.82) is 0 Å². The molecule has 3 nitrogen and oxygen atoms in total. The fourth-order valence-electron chi connectivity index (χ4n) is 3.62. The number of unbranched alkanes of at least 4 members (excludes halogenated alkanes) is 3. The van der Waals surface area contributed by atoms with Crippen molar-refractivity contribution in [2.75, 3.05) is 4.90 Å². The minimum atomic E-state index is -0.0115. The number of aryl methyl sites for hydroxylation is 1. The van der Waals surface area contributed by atoms with E-state index < -0.39 is 0 Å². The van der Waals surface area contributed by atoms with Crippen LogP contribution >= 0.6 is 0 Å². The fourth-order valence-corrected chi connectivity index (χ4v) is 3.62. The van der Waals surface area contributed by atoms with Crippen LogP contribution in [0.1, 0.15) is 45.2 Å². The molecule has 0 aliphatic rings. The van der Waals surface area contributed by atoms with Crippen LogP contribution < -0.4 is 9.47 Å². The van der Waals surface area contributed by atoms with Crippen molar-refractivity contribution in [2.45, 2.75) is 46.1 Å². The third-order valence-electron chi connectivity index (χ3n) is 5.19. The second kappa shape index (κ2) is 11.1. The van der Waals surface area contributed by atoms with Crippen LogP contribution in [-0.2, 0) is 11.3 Å². The number of allylic oxidation sites excluding steroid dienone is 2. The van der Waals surface area contributed by atoms with E-state index in [1.54, 1.807) is 11.8 Å². The maximum absolute atomic E-state index is 12.0. The summed E-state index contributed by atoms with van der Waals surface area (Å²) in [5, 5.41) is 1.26. The van der Waals surface area contributed by atoms with Gasteiger partial charge in [-0.3, -0.25) is 9.69 Å². The average molecular weight is 400 g/mol. The Kier molecular flexibility index (Phi) is 7.96. The highest BCUT2D eigenvalue weighted by Gasteiger charge is 2.13. The maximum Gasteiger partial charge on any atom is 0.227 e. The largest absolute Gasteiger partial charge is 0.288 e. The van der Waals surface area contributed by atoms with Crippen LogP contribution in [0.25, 0.3) is 17.0 Å². The van der Waals surface area contributed by atoms with Crippen LogP contribution in [0.4, 0.5) is 5.69 Å². The molecule has 0 aliphatic carbocycles. The van der Waals surface area contributed by atoms with E-state index in [1.807, 2.05) is 48.7 Å². The van der Waals surface area contributed by atoms with Crippen LogP contribution in [0.2, 0.25) is 0 Å². The standard InChI is InChI=1S/C27H31N2O/c1-3-4-5-12-22-29-26(20-19-24-14-9-10-18-27(24)29)17-11-13-21-28(23(2)30)25-15-7-6-8-16-25/h6-11,13-21H,3-5,12,22H2,1-2H3/q+1. The van der Waals surface area contributed by atoms with Gasteiger partial charge in [-0.15, -0.1) is 0 Å². The Morgan fingerprint density at radius 2 is 1.67 bits per heavy atom. The lowest BCUT2D eigenvalue weighted by atomic mass is 10.1. The molecular formula is C27H31N2O+. The minimum Gasteiger partial charge on any atom is -0.288 e. The maximum atomic E-state index is 12.0. The second-order valence-corrected chi connectivity index (χ2v) is 7.45. The number of benzene rings is 2. The number of carbonyl (C=O) groups is 1. The molecule has 3 aromatic rings. The van der Waals surface area contributed by atoms with Crippen molar-refractivity contribution in [3.63, 3.8) is 0 Å². The highest BCUT2D eigenvalue weighted by atomic mass is 16.2. The zero-order chi connectivity index (χ0) is 21.2. The number of pyridine rings is 1. The first-order valence-corrected chi connectivity index (χ1v) is 10.8. The lowest BCUT2D eigenvalue weighted by Gasteiger charge is -2.15. The van der Waals surface area contributed by atoms with E-state index >= 15 is 0 Å². The van der Waals surface area contributed by atoms with E-state index in [0.29, 0.717) is 0 Å². The van der Waals surface area contributed by atoms with Crippen LogP contribution in [0, 0.1) is 0 Å². The quantitative estimate of drug-likeness (QED) is 0.236. The predicted molar refractivity (Wildman–Crippen MR) is 126 cm³/mol. The third kappa shape index (κ3) is 5.66. The number of para-hydroxylation sites is 2. The highest BCUT2D eigenvalue weighted by molar-refractivity contribution is 5.93. The Morgan fingerprint density at radius 3 is 2.43 bits per heavy atom. The van der Waals surface area contributed by atoms with Crippen molar-refractivity contribution in [3.05, 3.63) is 90.8 Å². The molecule has 0 fully saturated rings. The van der Waals surface area contributed by atoms with Gasteiger partial charge in [0.05, 0.1) is 0 Å². The topological polar surface area (TPSA) is 24.2 Å². The summed E-state index contributed by atoms with van der Waals surface area (Å²) >= 11 is 0. The van der Waals surface area contributed by atoms with Gasteiger partial charge in [-0.1, -0.05) is 56.2 Å². The Hall–Kier alpha value is -3.20. The van der Waals surface area contributed by atoms with E-state index in [9.17, 15) is 4.79 Å². The molecule has 154 valence electrons. The van der Waals surface area contributed by atoms with Gasteiger partial charge in [0.15, 0.2) is 0 Å². The number of amides is 1. The number of fused-ring (bicyclic) bond motifs is 1. The molecule has 1 amide bonds. The van der Waals surface area contributed by atoms with Gasteiger partial charge in [0.1, 0.15) is 6.54 Å². The van der Waals surface area contributed by atoms with E-state index in [-0.39, 0.29) is 5.91 Å². The molecule has 0 N–H and O–H groups in total. The van der Waals surface area contributed by atoms with Gasteiger partial charge in [0, 0.05) is 48.8 Å². The summed E-state index contributed by atoms with van der Waals surface area (Å²) in [6, 6.07) is 22.6. The van der Waals surface area contributed by atoms with Gasteiger partial charge in [-0.05, 0) is 36.8 Å². The molecule has 0 aliphatic heterocycles. The third-order valence-corrected chi connectivity index (χ3v) is 5.19. The Labute approximate surface area is 180 Å². The van der Waals surface area contributed by atoms with E-state index in [1.165, 1.54) is 42.3 Å². The molecule has 0 saturated carbocycles. The molecule has 3 heteroatoms. The summed E-state index contributed by atoms with van der Waals surface area (Å²) < 4.78 is 2.40. The molecule has 0 bridgehead atoms.